The monoisotopic (exact) mass is 404 g/mol. The van der Waals surface area contributed by atoms with Crippen LogP contribution in [-0.2, 0) is 19.4 Å². The van der Waals surface area contributed by atoms with E-state index in [9.17, 15) is 4.79 Å². The molecule has 1 heterocycles. The molecule has 0 radical (unpaired) electrons. The number of fused-ring (bicyclic) bond motifs is 3. The Balaban J connectivity index is 1.69. The average Bonchev–Trinajstić information content (AvgIpc) is 3.06. The van der Waals surface area contributed by atoms with Crippen molar-refractivity contribution in [2.24, 2.45) is 0 Å². The van der Waals surface area contributed by atoms with E-state index >= 15 is 0 Å². The number of hydrogen-bond acceptors (Lipinski definition) is 3. The standard InChI is InChI=1S/C19H14BrClO3/c20-12-6-4-11(5-7-12)10-23-18-9-17-15(8-16(18)21)13-2-1-3-14(13)19(22)24-17/h4-9H,1-3,10H2. The molecule has 0 atom stereocenters. The van der Waals surface area contributed by atoms with Gasteiger partial charge in [-0.15, -0.1) is 0 Å². The van der Waals surface area contributed by atoms with Crippen molar-refractivity contribution in [3.05, 3.63) is 73.0 Å². The summed E-state index contributed by atoms with van der Waals surface area (Å²) in [6.45, 7) is 0.397. The van der Waals surface area contributed by atoms with Crippen LogP contribution in [0.3, 0.4) is 0 Å². The second-order valence-corrected chi connectivity index (χ2v) is 7.22. The molecule has 3 nitrogen and oxygen atoms in total. The number of rotatable bonds is 3. The number of hydrogen-bond donors (Lipinski definition) is 0. The lowest BCUT2D eigenvalue weighted by molar-refractivity contribution is 0.306. The van der Waals surface area contributed by atoms with Crippen LogP contribution in [0.5, 0.6) is 5.75 Å². The molecule has 1 aliphatic carbocycles. The lowest BCUT2D eigenvalue weighted by Gasteiger charge is -2.11. The van der Waals surface area contributed by atoms with Gasteiger partial charge in [-0.2, -0.15) is 0 Å². The molecule has 0 amide bonds. The molecular weight excluding hydrogens is 392 g/mol. The van der Waals surface area contributed by atoms with Crippen molar-refractivity contribution in [1.29, 1.82) is 0 Å². The Hall–Kier alpha value is -1.78. The van der Waals surface area contributed by atoms with Gasteiger partial charge in [0.25, 0.3) is 0 Å². The molecule has 5 heteroatoms. The summed E-state index contributed by atoms with van der Waals surface area (Å²) < 4.78 is 12.3. The van der Waals surface area contributed by atoms with Gasteiger partial charge in [-0.05, 0) is 48.6 Å². The lowest BCUT2D eigenvalue weighted by atomic mass is 10.1. The molecule has 1 aromatic heterocycles. The summed E-state index contributed by atoms with van der Waals surface area (Å²) in [6, 6.07) is 11.4. The van der Waals surface area contributed by atoms with E-state index in [1.54, 1.807) is 6.07 Å². The highest BCUT2D eigenvalue weighted by Gasteiger charge is 2.20. The highest BCUT2D eigenvalue weighted by atomic mass is 79.9. The van der Waals surface area contributed by atoms with Crippen molar-refractivity contribution < 1.29 is 9.15 Å². The number of benzene rings is 2. The van der Waals surface area contributed by atoms with Gasteiger partial charge < -0.3 is 9.15 Å². The fourth-order valence-corrected chi connectivity index (χ4v) is 3.62. The largest absolute Gasteiger partial charge is 0.487 e. The maximum absolute atomic E-state index is 12.1. The predicted molar refractivity (Wildman–Crippen MR) is 98.0 cm³/mol. The molecule has 0 unspecified atom stereocenters. The van der Waals surface area contributed by atoms with E-state index in [0.717, 1.165) is 45.8 Å². The first kappa shape index (κ1) is 15.7. The van der Waals surface area contributed by atoms with Crippen molar-refractivity contribution in [3.63, 3.8) is 0 Å². The summed E-state index contributed by atoms with van der Waals surface area (Å²) in [6.07, 6.45) is 2.67. The smallest absolute Gasteiger partial charge is 0.339 e. The second-order valence-electron chi connectivity index (χ2n) is 5.89. The van der Waals surface area contributed by atoms with E-state index in [1.807, 2.05) is 30.3 Å². The van der Waals surface area contributed by atoms with Crippen LogP contribution in [0, 0.1) is 0 Å². The molecule has 0 saturated carbocycles. The SMILES string of the molecule is O=c1oc2cc(OCc3ccc(Br)cc3)c(Cl)cc2c2c1CCC2. The highest BCUT2D eigenvalue weighted by Crippen LogP contribution is 2.35. The van der Waals surface area contributed by atoms with Crippen LogP contribution in [0.15, 0.2) is 50.1 Å². The summed E-state index contributed by atoms with van der Waals surface area (Å²) in [5.74, 6) is 0.521. The van der Waals surface area contributed by atoms with Crippen molar-refractivity contribution in [2.75, 3.05) is 0 Å². The van der Waals surface area contributed by atoms with Crippen LogP contribution in [-0.4, -0.2) is 0 Å². The van der Waals surface area contributed by atoms with E-state index in [2.05, 4.69) is 15.9 Å². The second kappa shape index (κ2) is 6.26. The minimum Gasteiger partial charge on any atom is -0.487 e. The summed E-state index contributed by atoms with van der Waals surface area (Å²) in [5.41, 5.74) is 3.20. The molecule has 122 valence electrons. The Kier molecular flexibility index (Phi) is 4.10. The molecule has 24 heavy (non-hydrogen) atoms. The first-order valence-corrected chi connectivity index (χ1v) is 8.94. The number of halogens is 2. The van der Waals surface area contributed by atoms with Gasteiger partial charge in [0.15, 0.2) is 0 Å². The van der Waals surface area contributed by atoms with Crippen LogP contribution in [0.4, 0.5) is 0 Å². The Morgan fingerprint density at radius 3 is 2.67 bits per heavy atom. The zero-order valence-electron chi connectivity index (χ0n) is 12.8. The third-order valence-corrected chi connectivity index (χ3v) is 5.16. The number of aryl methyl sites for hydroxylation is 1. The quantitative estimate of drug-likeness (QED) is 0.557. The molecule has 0 bridgehead atoms. The molecule has 0 N–H and O–H groups in total. The van der Waals surface area contributed by atoms with E-state index in [-0.39, 0.29) is 5.63 Å². The maximum atomic E-state index is 12.1. The molecule has 3 aromatic rings. The lowest BCUT2D eigenvalue weighted by Crippen LogP contribution is -2.07. The molecule has 0 fully saturated rings. The topological polar surface area (TPSA) is 39.4 Å². The van der Waals surface area contributed by atoms with Gasteiger partial charge in [0.05, 0.1) is 5.02 Å². The Bertz CT molecular complexity index is 977. The van der Waals surface area contributed by atoms with Gasteiger partial charge in [-0.25, -0.2) is 4.79 Å². The highest BCUT2D eigenvalue weighted by molar-refractivity contribution is 9.10. The van der Waals surface area contributed by atoms with Crippen molar-refractivity contribution in [3.8, 4) is 5.75 Å². The van der Waals surface area contributed by atoms with Crippen molar-refractivity contribution in [1.82, 2.24) is 0 Å². The summed E-state index contributed by atoms with van der Waals surface area (Å²) in [7, 11) is 0. The van der Waals surface area contributed by atoms with E-state index in [4.69, 9.17) is 20.8 Å². The van der Waals surface area contributed by atoms with Crippen molar-refractivity contribution >= 4 is 38.5 Å². The summed E-state index contributed by atoms with van der Waals surface area (Å²) >= 11 is 9.79. The van der Waals surface area contributed by atoms with Gasteiger partial charge >= 0.3 is 5.63 Å². The Morgan fingerprint density at radius 2 is 1.88 bits per heavy atom. The summed E-state index contributed by atoms with van der Waals surface area (Å²) in [4.78, 5) is 12.1. The van der Waals surface area contributed by atoms with E-state index < -0.39 is 0 Å². The van der Waals surface area contributed by atoms with Gasteiger partial charge in [0.2, 0.25) is 0 Å². The predicted octanol–water partition coefficient (Wildman–Crippen LogP) is 5.28. The zero-order valence-corrected chi connectivity index (χ0v) is 15.1. The first-order valence-electron chi connectivity index (χ1n) is 7.77. The van der Waals surface area contributed by atoms with Crippen LogP contribution in [0.25, 0.3) is 11.0 Å². The summed E-state index contributed by atoms with van der Waals surface area (Å²) in [5, 5.41) is 1.45. The zero-order chi connectivity index (χ0) is 16.7. The van der Waals surface area contributed by atoms with Crippen LogP contribution in [0.2, 0.25) is 5.02 Å². The van der Waals surface area contributed by atoms with Crippen LogP contribution >= 0.6 is 27.5 Å². The van der Waals surface area contributed by atoms with Gasteiger partial charge in [0, 0.05) is 21.5 Å². The first-order chi connectivity index (χ1) is 11.6. The van der Waals surface area contributed by atoms with Crippen LogP contribution in [0.1, 0.15) is 23.1 Å². The molecule has 2 aromatic carbocycles. The molecule has 0 spiro atoms. The fraction of sp³-hybridized carbons (Fsp3) is 0.211. The van der Waals surface area contributed by atoms with Gasteiger partial charge in [0.1, 0.15) is 17.9 Å². The Labute approximate surface area is 152 Å². The van der Waals surface area contributed by atoms with Gasteiger partial charge in [-0.3, -0.25) is 0 Å². The molecular formula is C19H14BrClO3. The number of ether oxygens (including phenoxy) is 1. The van der Waals surface area contributed by atoms with Crippen molar-refractivity contribution in [2.45, 2.75) is 25.9 Å². The third kappa shape index (κ3) is 2.85. The minimum atomic E-state index is -0.240. The molecule has 4 rings (SSSR count). The van der Waals surface area contributed by atoms with Gasteiger partial charge in [-0.1, -0.05) is 39.7 Å². The minimum absolute atomic E-state index is 0.240. The maximum Gasteiger partial charge on any atom is 0.339 e. The molecule has 1 aliphatic rings. The van der Waals surface area contributed by atoms with E-state index in [0.29, 0.717) is 23.0 Å². The fourth-order valence-electron chi connectivity index (χ4n) is 3.14. The molecule has 0 aliphatic heterocycles. The van der Waals surface area contributed by atoms with E-state index in [1.165, 1.54) is 0 Å². The third-order valence-electron chi connectivity index (χ3n) is 4.33. The average molecular weight is 406 g/mol. The molecule has 0 saturated heterocycles. The Morgan fingerprint density at radius 1 is 1.12 bits per heavy atom. The normalized spacial score (nSPS) is 13.2. The van der Waals surface area contributed by atoms with Crippen LogP contribution < -0.4 is 10.4 Å².